The van der Waals surface area contributed by atoms with Gasteiger partial charge < -0.3 is 10.2 Å². The van der Waals surface area contributed by atoms with Crippen molar-refractivity contribution >= 4 is 15.9 Å². The topological polar surface area (TPSA) is 66.5 Å². The molecule has 6 heteroatoms. The summed E-state index contributed by atoms with van der Waals surface area (Å²) < 4.78 is 23.4. The van der Waals surface area contributed by atoms with Gasteiger partial charge in [0.2, 0.25) is 0 Å². The molecule has 2 fully saturated rings. The van der Waals surface area contributed by atoms with Crippen molar-refractivity contribution in [1.82, 2.24) is 10.2 Å². The molecule has 0 spiro atoms. The van der Waals surface area contributed by atoms with Gasteiger partial charge in [-0.1, -0.05) is 0 Å². The van der Waals surface area contributed by atoms with Gasteiger partial charge in [-0.2, -0.15) is 0 Å². The Labute approximate surface area is 102 Å². The molecule has 1 N–H and O–H groups in total. The zero-order valence-corrected chi connectivity index (χ0v) is 11.2. The molecular formula is C11H20N2O3S. The van der Waals surface area contributed by atoms with Gasteiger partial charge >= 0.3 is 6.03 Å². The van der Waals surface area contributed by atoms with E-state index in [-0.39, 0.29) is 17.8 Å². The highest BCUT2D eigenvalue weighted by Crippen LogP contribution is 2.22. The molecule has 2 atom stereocenters. The molecule has 0 radical (unpaired) electrons. The largest absolute Gasteiger partial charge is 0.335 e. The van der Waals surface area contributed by atoms with Crippen LogP contribution in [0.15, 0.2) is 0 Å². The Kier molecular flexibility index (Phi) is 3.34. The minimum atomic E-state index is -3.02. The minimum absolute atomic E-state index is 0.0800. The predicted molar refractivity (Wildman–Crippen MR) is 65.6 cm³/mol. The fourth-order valence-electron chi connectivity index (χ4n) is 2.27. The maximum Gasteiger partial charge on any atom is 0.317 e. The number of hydrogen-bond donors (Lipinski definition) is 1. The van der Waals surface area contributed by atoms with E-state index in [1.807, 2.05) is 6.92 Å². The molecule has 1 saturated heterocycles. The average Bonchev–Trinajstić information content (AvgIpc) is 2.20. The van der Waals surface area contributed by atoms with Crippen LogP contribution in [0.25, 0.3) is 0 Å². The summed E-state index contributed by atoms with van der Waals surface area (Å²) >= 11 is 0. The Balaban J connectivity index is 1.99. The van der Waals surface area contributed by atoms with Crippen LogP contribution in [0.3, 0.4) is 0 Å². The van der Waals surface area contributed by atoms with Gasteiger partial charge in [0.25, 0.3) is 0 Å². The van der Waals surface area contributed by atoms with Crippen LogP contribution in [0.5, 0.6) is 0 Å². The lowest BCUT2D eigenvalue weighted by Crippen LogP contribution is -2.58. The van der Waals surface area contributed by atoms with Crippen LogP contribution in [0.1, 0.15) is 33.1 Å². The number of nitrogens with one attached hydrogen (secondary N) is 1. The van der Waals surface area contributed by atoms with Crippen molar-refractivity contribution in [2.24, 2.45) is 0 Å². The van der Waals surface area contributed by atoms with E-state index in [0.29, 0.717) is 12.6 Å². The van der Waals surface area contributed by atoms with E-state index in [2.05, 4.69) is 5.32 Å². The molecule has 1 aliphatic carbocycles. The molecule has 0 aromatic carbocycles. The second-order valence-corrected chi connectivity index (χ2v) is 7.56. The van der Waals surface area contributed by atoms with Gasteiger partial charge in [-0.05, 0) is 33.1 Å². The van der Waals surface area contributed by atoms with Gasteiger partial charge in [0, 0.05) is 18.6 Å². The third-order valence-electron chi connectivity index (χ3n) is 4.05. The van der Waals surface area contributed by atoms with E-state index in [1.54, 1.807) is 11.8 Å². The van der Waals surface area contributed by atoms with E-state index < -0.39 is 15.1 Å². The molecule has 1 aliphatic heterocycles. The van der Waals surface area contributed by atoms with Gasteiger partial charge in [-0.3, -0.25) is 0 Å². The highest BCUT2D eigenvalue weighted by atomic mass is 32.2. The minimum Gasteiger partial charge on any atom is -0.335 e. The third-order valence-corrected chi connectivity index (χ3v) is 6.33. The number of carbonyl (C=O) groups excluding carboxylic acids is 1. The summed E-state index contributed by atoms with van der Waals surface area (Å²) in [5.74, 6) is 0.0800. The fraction of sp³-hybridized carbons (Fsp3) is 0.909. The van der Waals surface area contributed by atoms with Crippen molar-refractivity contribution in [2.75, 3.05) is 12.3 Å². The zero-order valence-electron chi connectivity index (χ0n) is 10.3. The standard InChI is InChI=1S/C11H20N2O3S/c1-8-9(2)17(15,16)7-6-13(8)11(14)12-10-4-3-5-10/h8-10H,3-7H2,1-2H3,(H,12,14)/t8-,9-/m1/s1. The maximum absolute atomic E-state index is 12.0. The molecule has 0 aromatic rings. The Morgan fingerprint density at radius 1 is 1.29 bits per heavy atom. The first-order valence-electron chi connectivity index (χ1n) is 6.20. The Bertz CT molecular complexity index is 403. The van der Waals surface area contributed by atoms with Gasteiger partial charge in [-0.25, -0.2) is 13.2 Å². The van der Waals surface area contributed by atoms with Gasteiger partial charge in [0.15, 0.2) is 9.84 Å². The fourth-order valence-corrected chi connectivity index (χ4v) is 3.84. The number of carbonyl (C=O) groups is 1. The molecule has 98 valence electrons. The van der Waals surface area contributed by atoms with E-state index in [0.717, 1.165) is 12.8 Å². The van der Waals surface area contributed by atoms with Crippen LogP contribution in [0.4, 0.5) is 4.79 Å². The lowest BCUT2D eigenvalue weighted by atomic mass is 9.93. The van der Waals surface area contributed by atoms with Crippen LogP contribution in [0, 0.1) is 0 Å². The van der Waals surface area contributed by atoms with Crippen LogP contribution >= 0.6 is 0 Å². The Morgan fingerprint density at radius 2 is 1.94 bits per heavy atom. The Hall–Kier alpha value is -0.780. The monoisotopic (exact) mass is 260 g/mol. The van der Waals surface area contributed by atoms with E-state index >= 15 is 0 Å². The second kappa shape index (κ2) is 4.48. The normalized spacial score (nSPS) is 32.9. The lowest BCUT2D eigenvalue weighted by Gasteiger charge is -2.39. The van der Waals surface area contributed by atoms with E-state index in [9.17, 15) is 13.2 Å². The summed E-state index contributed by atoms with van der Waals surface area (Å²) in [4.78, 5) is 13.6. The molecule has 5 nitrogen and oxygen atoms in total. The molecule has 17 heavy (non-hydrogen) atoms. The number of urea groups is 1. The first-order valence-corrected chi connectivity index (χ1v) is 7.92. The predicted octanol–water partition coefficient (Wildman–Crippen LogP) is 0.756. The summed E-state index contributed by atoms with van der Waals surface area (Å²) in [6.45, 7) is 3.80. The highest BCUT2D eigenvalue weighted by Gasteiger charge is 2.38. The summed E-state index contributed by atoms with van der Waals surface area (Å²) in [5.41, 5.74) is 0. The molecule has 0 unspecified atom stereocenters. The summed E-state index contributed by atoms with van der Waals surface area (Å²) in [6, 6.07) is -0.0543. The molecule has 0 aromatic heterocycles. The number of sulfone groups is 1. The lowest BCUT2D eigenvalue weighted by molar-refractivity contribution is 0.168. The van der Waals surface area contributed by atoms with Gasteiger partial charge in [0.1, 0.15) is 0 Å². The third kappa shape index (κ3) is 2.41. The summed E-state index contributed by atoms with van der Waals surface area (Å²) in [7, 11) is -3.02. The molecule has 2 amide bonds. The smallest absolute Gasteiger partial charge is 0.317 e. The molecule has 0 bridgehead atoms. The van der Waals surface area contributed by atoms with Crippen molar-refractivity contribution in [2.45, 2.75) is 50.4 Å². The van der Waals surface area contributed by atoms with Crippen molar-refractivity contribution in [3.63, 3.8) is 0 Å². The first kappa shape index (κ1) is 12.7. The first-order chi connectivity index (χ1) is 7.92. The zero-order chi connectivity index (χ0) is 12.6. The molecule has 1 saturated carbocycles. The van der Waals surface area contributed by atoms with Crippen molar-refractivity contribution in [1.29, 1.82) is 0 Å². The number of nitrogens with zero attached hydrogens (tertiary/aromatic N) is 1. The summed E-state index contributed by atoms with van der Waals surface area (Å²) in [5, 5.41) is 2.49. The molecule has 2 rings (SSSR count). The number of rotatable bonds is 1. The summed E-state index contributed by atoms with van der Waals surface area (Å²) in [6.07, 6.45) is 3.26. The molecule has 1 heterocycles. The van der Waals surface area contributed by atoms with Crippen LogP contribution < -0.4 is 5.32 Å². The Morgan fingerprint density at radius 3 is 2.47 bits per heavy atom. The maximum atomic E-state index is 12.0. The molecule has 2 aliphatic rings. The average molecular weight is 260 g/mol. The molecular weight excluding hydrogens is 240 g/mol. The number of amides is 2. The number of hydrogen-bond acceptors (Lipinski definition) is 3. The van der Waals surface area contributed by atoms with E-state index in [1.165, 1.54) is 6.42 Å². The van der Waals surface area contributed by atoms with Crippen molar-refractivity contribution in [3.8, 4) is 0 Å². The van der Waals surface area contributed by atoms with Gasteiger partial charge in [-0.15, -0.1) is 0 Å². The quantitative estimate of drug-likeness (QED) is 0.757. The van der Waals surface area contributed by atoms with Crippen molar-refractivity contribution in [3.05, 3.63) is 0 Å². The van der Waals surface area contributed by atoms with Crippen molar-refractivity contribution < 1.29 is 13.2 Å². The second-order valence-electron chi connectivity index (χ2n) is 5.08. The SMILES string of the molecule is C[C@@H]1[C@@H](C)S(=O)(=O)CCN1C(=O)NC1CCC1. The van der Waals surface area contributed by atoms with Crippen LogP contribution in [0.2, 0.25) is 0 Å². The van der Waals surface area contributed by atoms with Gasteiger partial charge in [0.05, 0.1) is 11.0 Å². The van der Waals surface area contributed by atoms with Crippen LogP contribution in [-0.4, -0.2) is 49.0 Å². The van der Waals surface area contributed by atoms with E-state index in [4.69, 9.17) is 0 Å². The van der Waals surface area contributed by atoms with Crippen LogP contribution in [-0.2, 0) is 9.84 Å². The highest BCUT2D eigenvalue weighted by molar-refractivity contribution is 7.92.